The molecular weight excluding hydrogens is 258 g/mol. The van der Waals surface area contributed by atoms with Gasteiger partial charge in [0.25, 0.3) is 5.56 Å². The summed E-state index contributed by atoms with van der Waals surface area (Å²) in [5, 5.41) is 0. The lowest BCUT2D eigenvalue weighted by molar-refractivity contribution is 1.07. The second-order valence-electron chi connectivity index (χ2n) is 4.73. The first-order valence-electron chi connectivity index (χ1n) is 6.05. The highest BCUT2D eigenvalue weighted by atomic mass is 16.2. The van der Waals surface area contributed by atoms with Crippen LogP contribution in [0.25, 0.3) is 22.6 Å². The molecule has 0 amide bonds. The topological polar surface area (TPSA) is 120 Å². The van der Waals surface area contributed by atoms with Gasteiger partial charge in [-0.3, -0.25) is 14.8 Å². The average Bonchev–Trinajstić information content (AvgIpc) is 2.77. The number of fused-ring (bicyclic) bond motifs is 1. The molecule has 0 spiro atoms. The Bertz CT molecular complexity index is 932. The van der Waals surface area contributed by atoms with Crippen LogP contribution in [0.5, 0.6) is 0 Å². The number of benzene rings is 1. The Balaban J connectivity index is 2.34. The number of anilines is 1. The minimum Gasteiger partial charge on any atom is -0.399 e. The van der Waals surface area contributed by atoms with E-state index in [1.807, 2.05) is 19.9 Å². The summed E-state index contributed by atoms with van der Waals surface area (Å²) >= 11 is 0. The summed E-state index contributed by atoms with van der Waals surface area (Å²) in [6, 6.07) is 3.66. The van der Waals surface area contributed by atoms with E-state index in [9.17, 15) is 9.59 Å². The predicted octanol–water partition coefficient (Wildman–Crippen LogP) is 0.806. The third-order valence-corrected chi connectivity index (χ3v) is 3.33. The van der Waals surface area contributed by atoms with Crippen LogP contribution in [0, 0.1) is 13.8 Å². The minimum atomic E-state index is -0.582. The summed E-state index contributed by atoms with van der Waals surface area (Å²) in [4.78, 5) is 34.8. The lowest BCUT2D eigenvalue weighted by atomic mass is 10.0. The van der Waals surface area contributed by atoms with Crippen LogP contribution in [0.1, 0.15) is 11.1 Å². The fourth-order valence-electron chi connectivity index (χ4n) is 2.19. The standard InChI is InChI=1S/C13H13N5O2/c1-5-3-7(14)4-8(6(5)2)10-15-9-11(16-10)17-13(20)18-12(9)19/h3-4H,14H2,1-2H3,(H3,15,16,17,18,19,20). The zero-order valence-electron chi connectivity index (χ0n) is 11.0. The maximum Gasteiger partial charge on any atom is 0.327 e. The molecule has 20 heavy (non-hydrogen) atoms. The molecule has 102 valence electrons. The SMILES string of the molecule is Cc1cc(N)cc(-c2nc3[nH]c(=O)[nH]c(=O)c3[nH]2)c1C. The number of aromatic amines is 3. The van der Waals surface area contributed by atoms with Gasteiger partial charge >= 0.3 is 5.69 Å². The molecule has 3 rings (SSSR count). The van der Waals surface area contributed by atoms with Crippen molar-refractivity contribution in [3.63, 3.8) is 0 Å². The summed E-state index contributed by atoms with van der Waals surface area (Å²) in [6.07, 6.45) is 0. The van der Waals surface area contributed by atoms with Crippen molar-refractivity contribution in [2.24, 2.45) is 0 Å². The van der Waals surface area contributed by atoms with Crippen molar-refractivity contribution in [1.82, 2.24) is 19.9 Å². The number of aromatic nitrogens is 4. The number of H-pyrrole nitrogens is 3. The van der Waals surface area contributed by atoms with Gasteiger partial charge in [0.2, 0.25) is 0 Å². The third kappa shape index (κ3) is 1.80. The fraction of sp³-hybridized carbons (Fsp3) is 0.154. The molecule has 0 fully saturated rings. The van der Waals surface area contributed by atoms with Gasteiger partial charge in [0.15, 0.2) is 5.65 Å². The summed E-state index contributed by atoms with van der Waals surface area (Å²) in [5.41, 5.74) is 8.69. The molecule has 7 nitrogen and oxygen atoms in total. The fourth-order valence-corrected chi connectivity index (χ4v) is 2.19. The Morgan fingerprint density at radius 2 is 1.85 bits per heavy atom. The van der Waals surface area contributed by atoms with Crippen molar-refractivity contribution in [1.29, 1.82) is 0 Å². The van der Waals surface area contributed by atoms with Crippen LogP contribution >= 0.6 is 0 Å². The average molecular weight is 271 g/mol. The normalized spacial score (nSPS) is 11.1. The van der Waals surface area contributed by atoms with Crippen LogP contribution in [-0.4, -0.2) is 19.9 Å². The highest BCUT2D eigenvalue weighted by Gasteiger charge is 2.12. The molecule has 0 unspecified atom stereocenters. The molecule has 5 N–H and O–H groups in total. The van der Waals surface area contributed by atoms with E-state index >= 15 is 0 Å². The van der Waals surface area contributed by atoms with Crippen LogP contribution in [0.4, 0.5) is 5.69 Å². The Hall–Kier alpha value is -2.83. The predicted molar refractivity (Wildman–Crippen MR) is 76.7 cm³/mol. The highest BCUT2D eigenvalue weighted by molar-refractivity contribution is 5.77. The monoisotopic (exact) mass is 271 g/mol. The molecule has 0 aliphatic carbocycles. The van der Waals surface area contributed by atoms with Crippen LogP contribution in [-0.2, 0) is 0 Å². The summed E-state index contributed by atoms with van der Waals surface area (Å²) in [5.74, 6) is 0.500. The van der Waals surface area contributed by atoms with Crippen LogP contribution in [0.3, 0.4) is 0 Å². The highest BCUT2D eigenvalue weighted by Crippen LogP contribution is 2.26. The zero-order chi connectivity index (χ0) is 14.4. The molecule has 0 bridgehead atoms. The minimum absolute atomic E-state index is 0.230. The van der Waals surface area contributed by atoms with Gasteiger partial charge in [-0.25, -0.2) is 9.78 Å². The molecule has 3 aromatic rings. The number of nitrogen functional groups attached to an aromatic ring is 1. The summed E-state index contributed by atoms with van der Waals surface area (Å²) in [7, 11) is 0. The van der Waals surface area contributed by atoms with E-state index in [2.05, 4.69) is 19.9 Å². The van der Waals surface area contributed by atoms with E-state index in [1.165, 1.54) is 0 Å². The van der Waals surface area contributed by atoms with Crippen molar-refractivity contribution in [3.8, 4) is 11.4 Å². The molecule has 1 aromatic carbocycles. The van der Waals surface area contributed by atoms with Gasteiger partial charge in [0.1, 0.15) is 11.3 Å². The van der Waals surface area contributed by atoms with Crippen molar-refractivity contribution < 1.29 is 0 Å². The first kappa shape index (κ1) is 12.2. The van der Waals surface area contributed by atoms with Gasteiger partial charge in [-0.15, -0.1) is 0 Å². The van der Waals surface area contributed by atoms with Gasteiger partial charge in [-0.2, -0.15) is 0 Å². The van der Waals surface area contributed by atoms with Crippen LogP contribution in [0.15, 0.2) is 21.7 Å². The smallest absolute Gasteiger partial charge is 0.327 e. The van der Waals surface area contributed by atoms with Gasteiger partial charge in [-0.05, 0) is 37.1 Å². The van der Waals surface area contributed by atoms with Crippen molar-refractivity contribution >= 4 is 16.9 Å². The Morgan fingerprint density at radius 3 is 2.60 bits per heavy atom. The molecular formula is C13H13N5O2. The van der Waals surface area contributed by atoms with Gasteiger partial charge < -0.3 is 10.7 Å². The van der Waals surface area contributed by atoms with Gasteiger partial charge in [0.05, 0.1) is 0 Å². The number of hydrogen-bond donors (Lipinski definition) is 4. The molecule has 0 aliphatic rings. The first-order chi connectivity index (χ1) is 9.45. The summed E-state index contributed by atoms with van der Waals surface area (Å²) in [6.45, 7) is 3.90. The zero-order valence-corrected chi connectivity index (χ0v) is 11.0. The lowest BCUT2D eigenvalue weighted by Gasteiger charge is -2.07. The van der Waals surface area contributed by atoms with Crippen molar-refractivity contribution in [2.75, 3.05) is 5.73 Å². The Labute approximate surface area is 112 Å². The second kappa shape index (κ2) is 4.09. The van der Waals surface area contributed by atoms with Crippen molar-refractivity contribution in [2.45, 2.75) is 13.8 Å². The van der Waals surface area contributed by atoms with E-state index in [4.69, 9.17) is 5.73 Å². The number of nitrogens with two attached hydrogens (primary N) is 1. The Morgan fingerprint density at radius 1 is 1.10 bits per heavy atom. The maximum absolute atomic E-state index is 11.7. The number of nitrogens with zero attached hydrogens (tertiary/aromatic N) is 1. The quantitative estimate of drug-likeness (QED) is 0.489. The van der Waals surface area contributed by atoms with E-state index in [0.29, 0.717) is 11.5 Å². The van der Waals surface area contributed by atoms with Gasteiger partial charge in [0, 0.05) is 11.3 Å². The van der Waals surface area contributed by atoms with E-state index in [-0.39, 0.29) is 11.2 Å². The maximum atomic E-state index is 11.7. The number of hydrogen-bond acceptors (Lipinski definition) is 4. The third-order valence-electron chi connectivity index (χ3n) is 3.33. The molecule has 0 aliphatic heterocycles. The van der Waals surface area contributed by atoms with Crippen LogP contribution in [0.2, 0.25) is 0 Å². The number of aryl methyl sites for hydroxylation is 1. The number of rotatable bonds is 1. The lowest BCUT2D eigenvalue weighted by Crippen LogP contribution is -2.21. The molecule has 0 saturated carbocycles. The van der Waals surface area contributed by atoms with E-state index in [0.717, 1.165) is 16.7 Å². The van der Waals surface area contributed by atoms with Gasteiger partial charge in [-0.1, -0.05) is 0 Å². The molecule has 7 heteroatoms. The second-order valence-corrected chi connectivity index (χ2v) is 4.73. The number of nitrogens with one attached hydrogen (secondary N) is 3. The number of imidazole rings is 1. The molecule has 0 saturated heterocycles. The molecule has 0 radical (unpaired) electrons. The largest absolute Gasteiger partial charge is 0.399 e. The Kier molecular flexibility index (Phi) is 2.50. The van der Waals surface area contributed by atoms with Crippen LogP contribution < -0.4 is 17.0 Å². The molecule has 0 atom stereocenters. The van der Waals surface area contributed by atoms with E-state index in [1.54, 1.807) is 6.07 Å². The van der Waals surface area contributed by atoms with Crippen molar-refractivity contribution in [3.05, 3.63) is 44.1 Å². The first-order valence-corrected chi connectivity index (χ1v) is 6.05. The summed E-state index contributed by atoms with van der Waals surface area (Å²) < 4.78 is 0. The molecule has 2 aromatic heterocycles. The molecule has 2 heterocycles. The van der Waals surface area contributed by atoms with E-state index < -0.39 is 11.2 Å².